The Labute approximate surface area is 122 Å². The predicted molar refractivity (Wildman–Crippen MR) is 74.2 cm³/mol. The van der Waals surface area contributed by atoms with E-state index in [9.17, 15) is 9.59 Å². The molecule has 0 spiro atoms. The molecule has 0 saturated heterocycles. The van der Waals surface area contributed by atoms with Gasteiger partial charge < -0.3 is 24.6 Å². The number of urea groups is 1. The molecule has 1 aromatic rings. The van der Waals surface area contributed by atoms with Crippen molar-refractivity contribution in [3.05, 3.63) is 18.2 Å². The van der Waals surface area contributed by atoms with Gasteiger partial charge in [0.05, 0.1) is 12.9 Å². The van der Waals surface area contributed by atoms with Gasteiger partial charge in [-0.25, -0.2) is 14.6 Å². The Morgan fingerprint density at radius 3 is 2.90 bits per heavy atom. The van der Waals surface area contributed by atoms with Crippen LogP contribution in [0.2, 0.25) is 0 Å². The maximum atomic E-state index is 12.1. The van der Waals surface area contributed by atoms with Gasteiger partial charge in [0.25, 0.3) is 0 Å². The Morgan fingerprint density at radius 2 is 2.33 bits per heavy atom. The molecule has 1 saturated carbocycles. The number of carboxylic acid groups (broad SMARTS) is 1. The molecule has 0 unspecified atom stereocenters. The lowest BCUT2D eigenvalue weighted by atomic mass is 10.5. The number of nitrogens with zero attached hydrogens (tertiary/aromatic N) is 3. The number of rotatable bonds is 8. The number of hydrogen-bond donors (Lipinski definition) is 2. The molecule has 0 aliphatic heterocycles. The van der Waals surface area contributed by atoms with Crippen molar-refractivity contribution >= 4 is 12.0 Å². The summed E-state index contributed by atoms with van der Waals surface area (Å²) < 4.78 is 6.65. The van der Waals surface area contributed by atoms with Gasteiger partial charge in [-0.05, 0) is 12.8 Å². The number of hydrogen-bond acceptors (Lipinski definition) is 4. The molecule has 0 aromatic carbocycles. The molecule has 8 nitrogen and oxygen atoms in total. The van der Waals surface area contributed by atoms with Gasteiger partial charge in [-0.1, -0.05) is 0 Å². The molecule has 1 aliphatic rings. The normalized spacial score (nSPS) is 14.0. The molecule has 1 aliphatic carbocycles. The van der Waals surface area contributed by atoms with Crippen molar-refractivity contribution in [1.82, 2.24) is 19.8 Å². The van der Waals surface area contributed by atoms with Crippen LogP contribution < -0.4 is 5.32 Å². The smallest absolute Gasteiger partial charge is 0.356 e. The number of nitrogens with one attached hydrogen (secondary N) is 1. The van der Waals surface area contributed by atoms with Crippen molar-refractivity contribution in [1.29, 1.82) is 0 Å². The fraction of sp³-hybridized carbons (Fsp3) is 0.615. The second kappa shape index (κ2) is 7.07. The van der Waals surface area contributed by atoms with Gasteiger partial charge >= 0.3 is 12.0 Å². The highest BCUT2D eigenvalue weighted by Gasteiger charge is 2.31. The number of amides is 2. The third-order valence-corrected chi connectivity index (χ3v) is 3.28. The first-order chi connectivity index (χ1) is 10.1. The summed E-state index contributed by atoms with van der Waals surface area (Å²) in [6, 6.07) is 0.222. The molecule has 0 atom stereocenters. The lowest BCUT2D eigenvalue weighted by Crippen LogP contribution is -2.43. The third kappa shape index (κ3) is 4.45. The van der Waals surface area contributed by atoms with Crippen LogP contribution in [0, 0.1) is 0 Å². The van der Waals surface area contributed by atoms with Crippen LogP contribution in [0.5, 0.6) is 0 Å². The Bertz CT molecular complexity index is 498. The molecule has 2 rings (SSSR count). The van der Waals surface area contributed by atoms with Crippen molar-refractivity contribution in [2.45, 2.75) is 25.4 Å². The second-order valence-corrected chi connectivity index (χ2v) is 4.95. The zero-order valence-electron chi connectivity index (χ0n) is 12.0. The lowest BCUT2D eigenvalue weighted by molar-refractivity contribution is 0.0691. The van der Waals surface area contributed by atoms with Crippen LogP contribution in [0.3, 0.4) is 0 Å². The van der Waals surface area contributed by atoms with Crippen LogP contribution in [-0.2, 0) is 11.3 Å². The number of aromatic carboxylic acids is 1. The fourth-order valence-electron chi connectivity index (χ4n) is 2.01. The summed E-state index contributed by atoms with van der Waals surface area (Å²) in [7, 11) is 1.61. The van der Waals surface area contributed by atoms with Crippen LogP contribution in [0.25, 0.3) is 0 Å². The molecule has 21 heavy (non-hydrogen) atoms. The highest BCUT2D eigenvalue weighted by molar-refractivity contribution is 5.84. The van der Waals surface area contributed by atoms with Gasteiger partial charge in [0, 0.05) is 39.0 Å². The molecular formula is C13H20N4O4. The van der Waals surface area contributed by atoms with E-state index < -0.39 is 5.97 Å². The van der Waals surface area contributed by atoms with Gasteiger partial charge in [0.2, 0.25) is 0 Å². The molecule has 1 fully saturated rings. The number of imidazole rings is 1. The highest BCUT2D eigenvalue weighted by Crippen LogP contribution is 2.26. The Hall–Kier alpha value is -2.09. The van der Waals surface area contributed by atoms with Gasteiger partial charge in [-0.15, -0.1) is 0 Å². The molecule has 8 heteroatoms. The SMILES string of the molecule is COCCN(C(=O)NCCn1cnc(C(=O)O)c1)C1CC1. The minimum Gasteiger partial charge on any atom is -0.476 e. The Balaban J connectivity index is 1.75. The Kier molecular flexibility index (Phi) is 5.15. The molecule has 2 amide bonds. The molecular weight excluding hydrogens is 276 g/mol. The van der Waals surface area contributed by atoms with Crippen LogP contribution in [0.4, 0.5) is 4.79 Å². The summed E-state index contributed by atoms with van der Waals surface area (Å²) in [5.41, 5.74) is 0.000952. The van der Waals surface area contributed by atoms with Crippen LogP contribution in [0.15, 0.2) is 12.5 Å². The van der Waals surface area contributed by atoms with Gasteiger partial charge in [0.15, 0.2) is 5.69 Å². The van der Waals surface area contributed by atoms with Crippen molar-refractivity contribution in [3.63, 3.8) is 0 Å². The molecule has 0 radical (unpaired) electrons. The summed E-state index contributed by atoms with van der Waals surface area (Å²) in [5.74, 6) is -1.06. The quantitative estimate of drug-likeness (QED) is 0.724. The van der Waals surface area contributed by atoms with Crippen LogP contribution >= 0.6 is 0 Å². The first-order valence-corrected chi connectivity index (χ1v) is 6.90. The molecule has 1 heterocycles. The van der Waals surface area contributed by atoms with Crippen molar-refractivity contribution in [2.24, 2.45) is 0 Å². The number of carbonyl (C=O) groups is 2. The fourth-order valence-corrected chi connectivity index (χ4v) is 2.01. The van der Waals surface area contributed by atoms with Crippen LogP contribution in [0.1, 0.15) is 23.3 Å². The van der Waals surface area contributed by atoms with E-state index in [1.54, 1.807) is 16.6 Å². The average molecular weight is 296 g/mol. The summed E-state index contributed by atoms with van der Waals surface area (Å²) in [6.07, 6.45) is 4.97. The number of aromatic nitrogens is 2. The van der Waals surface area contributed by atoms with E-state index >= 15 is 0 Å². The molecule has 2 N–H and O–H groups in total. The molecule has 1 aromatic heterocycles. The topological polar surface area (TPSA) is 96.7 Å². The molecule has 116 valence electrons. The predicted octanol–water partition coefficient (Wildman–Crippen LogP) is 0.402. The van der Waals surface area contributed by atoms with Gasteiger partial charge in [-0.2, -0.15) is 0 Å². The second-order valence-electron chi connectivity index (χ2n) is 4.95. The first-order valence-electron chi connectivity index (χ1n) is 6.90. The summed E-state index contributed by atoms with van der Waals surface area (Å²) in [5, 5.41) is 11.6. The zero-order chi connectivity index (χ0) is 15.2. The molecule has 0 bridgehead atoms. The number of ether oxygens (including phenoxy) is 1. The minimum atomic E-state index is -1.06. The number of carboxylic acids is 1. The highest BCUT2D eigenvalue weighted by atomic mass is 16.5. The monoisotopic (exact) mass is 296 g/mol. The first kappa shape index (κ1) is 15.3. The van der Waals surface area contributed by atoms with Crippen molar-refractivity contribution < 1.29 is 19.4 Å². The maximum Gasteiger partial charge on any atom is 0.356 e. The largest absolute Gasteiger partial charge is 0.476 e. The Morgan fingerprint density at radius 1 is 1.57 bits per heavy atom. The van der Waals surface area contributed by atoms with E-state index in [0.29, 0.717) is 32.3 Å². The summed E-state index contributed by atoms with van der Waals surface area (Å²) in [6.45, 7) is 2.01. The lowest BCUT2D eigenvalue weighted by Gasteiger charge is -2.22. The van der Waals surface area contributed by atoms with E-state index in [1.165, 1.54) is 12.5 Å². The average Bonchev–Trinajstić information content (AvgIpc) is 3.17. The van der Waals surface area contributed by atoms with Crippen molar-refractivity contribution in [2.75, 3.05) is 26.8 Å². The third-order valence-electron chi connectivity index (χ3n) is 3.28. The minimum absolute atomic E-state index is 0.000952. The van der Waals surface area contributed by atoms with Gasteiger partial charge in [0.1, 0.15) is 0 Å². The van der Waals surface area contributed by atoms with Crippen LogP contribution in [-0.4, -0.2) is 64.4 Å². The zero-order valence-corrected chi connectivity index (χ0v) is 12.0. The van der Waals surface area contributed by atoms with E-state index in [4.69, 9.17) is 9.84 Å². The van der Waals surface area contributed by atoms with E-state index in [-0.39, 0.29) is 11.7 Å². The summed E-state index contributed by atoms with van der Waals surface area (Å²) >= 11 is 0. The number of carbonyl (C=O) groups excluding carboxylic acids is 1. The standard InChI is InChI=1S/C13H20N4O4/c1-21-7-6-17(10-2-3-10)13(20)14-4-5-16-8-11(12(18)19)15-9-16/h8-10H,2-7H2,1H3,(H,14,20)(H,18,19). The maximum absolute atomic E-state index is 12.1. The van der Waals surface area contributed by atoms with Crippen molar-refractivity contribution in [3.8, 4) is 0 Å². The van der Waals surface area contributed by atoms with E-state index in [1.807, 2.05) is 0 Å². The number of methoxy groups -OCH3 is 1. The van der Waals surface area contributed by atoms with Gasteiger partial charge in [-0.3, -0.25) is 0 Å². The van der Waals surface area contributed by atoms with E-state index in [0.717, 1.165) is 12.8 Å². The summed E-state index contributed by atoms with van der Waals surface area (Å²) in [4.78, 5) is 28.3. The van der Waals surface area contributed by atoms with E-state index in [2.05, 4.69) is 10.3 Å².